The van der Waals surface area contributed by atoms with E-state index in [4.69, 9.17) is 18.2 Å². The van der Waals surface area contributed by atoms with Crippen LogP contribution in [0.4, 0.5) is 10.1 Å². The summed E-state index contributed by atoms with van der Waals surface area (Å²) >= 11 is 5.80. The monoisotopic (exact) mass is 259 g/mol. The number of hydrogen-bond donors (Lipinski definition) is 0. The molecule has 0 atom stereocenters. The molecule has 0 fully saturated rings. The van der Waals surface area contributed by atoms with Gasteiger partial charge in [-0.3, -0.25) is 4.79 Å². The Morgan fingerprint density at radius 2 is 1.89 bits per heavy atom. The van der Waals surface area contributed by atoms with E-state index in [1.54, 1.807) is 6.07 Å². The van der Waals surface area contributed by atoms with Gasteiger partial charge in [-0.05, 0) is 18.2 Å². The van der Waals surface area contributed by atoms with Crippen molar-refractivity contribution in [3.8, 4) is 0 Å². The van der Waals surface area contributed by atoms with Crippen LogP contribution in [0.25, 0.3) is 4.85 Å². The molecule has 0 aliphatic rings. The number of hydrogen-bond acceptors (Lipinski definition) is 1. The van der Waals surface area contributed by atoms with Gasteiger partial charge in [0.2, 0.25) is 0 Å². The Kier molecular flexibility index (Phi) is 3.40. The van der Waals surface area contributed by atoms with Crippen molar-refractivity contribution in [3.63, 3.8) is 0 Å². The summed E-state index contributed by atoms with van der Waals surface area (Å²) < 4.78 is 13.5. The number of carbonyl (C=O) groups is 1. The van der Waals surface area contributed by atoms with E-state index in [1.807, 2.05) is 0 Å². The number of rotatable bonds is 2. The standard InChI is InChI=1S/C14H7ClFNO/c1-17-13-7-6-9(15)8-11(13)14(18)10-4-2-3-5-12(10)16/h2-8H. The maximum atomic E-state index is 13.5. The number of ketones is 1. The average molecular weight is 260 g/mol. The fraction of sp³-hybridized carbons (Fsp3) is 0. The summed E-state index contributed by atoms with van der Waals surface area (Å²) in [6, 6.07) is 10.00. The second-order valence-electron chi connectivity index (χ2n) is 3.58. The van der Waals surface area contributed by atoms with Crippen molar-refractivity contribution in [2.45, 2.75) is 0 Å². The van der Waals surface area contributed by atoms with E-state index in [1.165, 1.54) is 36.4 Å². The first-order chi connectivity index (χ1) is 8.63. The Bertz CT molecular complexity index is 661. The predicted octanol–water partition coefficient (Wildman–Crippen LogP) is 4.26. The van der Waals surface area contributed by atoms with E-state index in [2.05, 4.69) is 4.85 Å². The molecule has 0 aliphatic carbocycles. The minimum atomic E-state index is -0.613. The van der Waals surface area contributed by atoms with Crippen LogP contribution in [0.1, 0.15) is 15.9 Å². The van der Waals surface area contributed by atoms with Crippen molar-refractivity contribution in [3.05, 3.63) is 75.8 Å². The normalized spacial score (nSPS) is 9.83. The molecule has 0 bridgehead atoms. The van der Waals surface area contributed by atoms with Crippen LogP contribution in [0.15, 0.2) is 42.5 Å². The number of benzene rings is 2. The lowest BCUT2D eigenvalue weighted by Crippen LogP contribution is -2.04. The third kappa shape index (κ3) is 2.24. The van der Waals surface area contributed by atoms with Crippen LogP contribution in [0, 0.1) is 12.4 Å². The summed E-state index contributed by atoms with van der Waals surface area (Å²) in [5, 5.41) is 0.335. The topological polar surface area (TPSA) is 21.4 Å². The fourth-order valence-corrected chi connectivity index (χ4v) is 1.75. The molecule has 88 valence electrons. The van der Waals surface area contributed by atoms with Crippen LogP contribution in [-0.2, 0) is 0 Å². The smallest absolute Gasteiger partial charge is 0.198 e. The molecule has 2 aromatic carbocycles. The van der Waals surface area contributed by atoms with Crippen molar-refractivity contribution in [1.82, 2.24) is 0 Å². The Labute approximate surface area is 108 Å². The zero-order valence-corrected chi connectivity index (χ0v) is 9.91. The maximum absolute atomic E-state index is 13.5. The first kappa shape index (κ1) is 12.3. The second-order valence-corrected chi connectivity index (χ2v) is 4.02. The Morgan fingerprint density at radius 3 is 2.56 bits per heavy atom. The van der Waals surface area contributed by atoms with Gasteiger partial charge in [0.15, 0.2) is 11.5 Å². The lowest BCUT2D eigenvalue weighted by atomic mass is 10.0. The predicted molar refractivity (Wildman–Crippen MR) is 67.5 cm³/mol. The summed E-state index contributed by atoms with van der Waals surface area (Å²) in [5.74, 6) is -1.15. The van der Waals surface area contributed by atoms with E-state index < -0.39 is 11.6 Å². The molecule has 0 aromatic heterocycles. The quantitative estimate of drug-likeness (QED) is 0.583. The highest BCUT2D eigenvalue weighted by molar-refractivity contribution is 6.31. The third-order valence-corrected chi connectivity index (χ3v) is 2.68. The van der Waals surface area contributed by atoms with Gasteiger partial charge >= 0.3 is 0 Å². The summed E-state index contributed by atoms with van der Waals surface area (Å²) in [6.45, 7) is 7.00. The highest BCUT2D eigenvalue weighted by atomic mass is 35.5. The van der Waals surface area contributed by atoms with Gasteiger partial charge in [-0.15, -0.1) is 0 Å². The van der Waals surface area contributed by atoms with Crippen LogP contribution in [0.5, 0.6) is 0 Å². The van der Waals surface area contributed by atoms with Crippen LogP contribution in [0.2, 0.25) is 5.02 Å². The molecule has 2 aromatic rings. The van der Waals surface area contributed by atoms with Crippen molar-refractivity contribution >= 4 is 23.1 Å². The molecule has 0 heterocycles. The Hall–Kier alpha value is -2.18. The Morgan fingerprint density at radius 1 is 1.17 bits per heavy atom. The minimum Gasteiger partial charge on any atom is -0.290 e. The molecule has 0 amide bonds. The molecule has 2 nitrogen and oxygen atoms in total. The van der Waals surface area contributed by atoms with Gasteiger partial charge in [0.05, 0.1) is 12.1 Å². The van der Waals surface area contributed by atoms with Gasteiger partial charge in [-0.2, -0.15) is 0 Å². The van der Waals surface area contributed by atoms with E-state index in [-0.39, 0.29) is 16.8 Å². The van der Waals surface area contributed by atoms with Crippen molar-refractivity contribution < 1.29 is 9.18 Å². The Balaban J connectivity index is 2.57. The van der Waals surface area contributed by atoms with E-state index in [9.17, 15) is 9.18 Å². The highest BCUT2D eigenvalue weighted by Crippen LogP contribution is 2.26. The van der Waals surface area contributed by atoms with E-state index >= 15 is 0 Å². The van der Waals surface area contributed by atoms with E-state index in [0.29, 0.717) is 5.02 Å². The third-order valence-electron chi connectivity index (χ3n) is 2.44. The van der Waals surface area contributed by atoms with Gasteiger partial charge in [-0.1, -0.05) is 35.9 Å². The lowest BCUT2D eigenvalue weighted by Gasteiger charge is -2.05. The van der Waals surface area contributed by atoms with Gasteiger partial charge in [0.25, 0.3) is 0 Å². The average Bonchev–Trinajstić information content (AvgIpc) is 2.38. The zero-order chi connectivity index (χ0) is 13.1. The van der Waals surface area contributed by atoms with Crippen LogP contribution in [-0.4, -0.2) is 5.78 Å². The molecule has 0 spiro atoms. The molecule has 0 saturated carbocycles. The van der Waals surface area contributed by atoms with Crippen LogP contribution in [0.3, 0.4) is 0 Å². The largest absolute Gasteiger partial charge is 0.290 e. The number of carbonyl (C=O) groups excluding carboxylic acids is 1. The first-order valence-corrected chi connectivity index (χ1v) is 5.47. The second kappa shape index (κ2) is 4.99. The molecule has 4 heteroatoms. The van der Waals surface area contributed by atoms with Gasteiger partial charge in [-0.25, -0.2) is 9.24 Å². The lowest BCUT2D eigenvalue weighted by molar-refractivity contribution is 0.103. The summed E-state index contributed by atoms with van der Waals surface area (Å²) in [5.41, 5.74) is 0.208. The molecule has 2 rings (SSSR count). The molecule has 18 heavy (non-hydrogen) atoms. The fourth-order valence-electron chi connectivity index (χ4n) is 1.58. The summed E-state index contributed by atoms with van der Waals surface area (Å²) in [6.07, 6.45) is 0. The van der Waals surface area contributed by atoms with Gasteiger partial charge in [0, 0.05) is 10.6 Å². The van der Waals surface area contributed by atoms with Crippen LogP contribution < -0.4 is 0 Å². The summed E-state index contributed by atoms with van der Waals surface area (Å²) in [4.78, 5) is 15.4. The number of nitrogens with zero attached hydrogens (tertiary/aromatic N) is 1. The molecule has 0 saturated heterocycles. The van der Waals surface area contributed by atoms with Crippen molar-refractivity contribution in [2.24, 2.45) is 0 Å². The number of halogens is 2. The van der Waals surface area contributed by atoms with Gasteiger partial charge < -0.3 is 0 Å². The highest BCUT2D eigenvalue weighted by Gasteiger charge is 2.17. The van der Waals surface area contributed by atoms with E-state index in [0.717, 1.165) is 0 Å². The first-order valence-electron chi connectivity index (χ1n) is 5.09. The maximum Gasteiger partial charge on any atom is 0.198 e. The zero-order valence-electron chi connectivity index (χ0n) is 9.15. The molecule has 0 unspecified atom stereocenters. The van der Waals surface area contributed by atoms with Crippen molar-refractivity contribution in [1.29, 1.82) is 0 Å². The SMILES string of the molecule is [C-]#[N+]c1ccc(Cl)cc1C(=O)c1ccccc1F. The minimum absolute atomic E-state index is 0.0651. The molecule has 0 aliphatic heterocycles. The molecular weight excluding hydrogens is 253 g/mol. The molecular formula is C14H7ClFNO. The molecule has 0 N–H and O–H groups in total. The summed E-state index contributed by atoms with van der Waals surface area (Å²) in [7, 11) is 0. The van der Waals surface area contributed by atoms with Crippen LogP contribution >= 0.6 is 11.6 Å². The van der Waals surface area contributed by atoms with Crippen molar-refractivity contribution in [2.75, 3.05) is 0 Å². The molecule has 0 radical (unpaired) electrons. The van der Waals surface area contributed by atoms with Gasteiger partial charge in [0.1, 0.15) is 5.82 Å².